The molecule has 0 atom stereocenters. The molecule has 0 bridgehead atoms. The second-order valence-corrected chi connectivity index (χ2v) is 5.82. The van der Waals surface area contributed by atoms with E-state index in [1.165, 1.54) is 0 Å². The van der Waals surface area contributed by atoms with Gasteiger partial charge in [0.15, 0.2) is 0 Å². The van der Waals surface area contributed by atoms with E-state index < -0.39 is 5.91 Å². The van der Waals surface area contributed by atoms with Gasteiger partial charge in [0.2, 0.25) is 0 Å². The van der Waals surface area contributed by atoms with Crippen molar-refractivity contribution in [2.24, 2.45) is 5.73 Å². The van der Waals surface area contributed by atoms with E-state index in [0.717, 1.165) is 4.47 Å². The number of aromatic nitrogens is 1. The molecule has 0 aliphatic carbocycles. The summed E-state index contributed by atoms with van der Waals surface area (Å²) in [7, 11) is 0. The smallest absolute Gasteiger partial charge is 0.272 e. The van der Waals surface area contributed by atoms with Gasteiger partial charge in [0.05, 0.1) is 11.3 Å². The largest absolute Gasteiger partial charge is 0.366 e. The highest BCUT2D eigenvalue weighted by Crippen LogP contribution is 2.21. The Morgan fingerprint density at radius 2 is 1.95 bits per heavy atom. The van der Waals surface area contributed by atoms with Gasteiger partial charge in [-0.1, -0.05) is 12.1 Å². The predicted octanol–water partition coefficient (Wildman–Crippen LogP) is 3.18. The van der Waals surface area contributed by atoms with E-state index in [1.807, 2.05) is 24.6 Å². The Balaban J connectivity index is 2.33. The number of para-hydroxylation sites is 1. The van der Waals surface area contributed by atoms with E-state index in [1.54, 1.807) is 30.3 Å². The van der Waals surface area contributed by atoms with Crippen molar-refractivity contribution in [3.05, 3.63) is 52.3 Å². The number of hydrogen-bond donors (Lipinski definition) is 2. The van der Waals surface area contributed by atoms with Crippen LogP contribution in [0.2, 0.25) is 0 Å². The summed E-state index contributed by atoms with van der Waals surface area (Å²) in [6.07, 6.45) is 1.85. The minimum Gasteiger partial charge on any atom is -0.366 e. The van der Waals surface area contributed by atoms with Crippen LogP contribution in [0.1, 0.15) is 40.7 Å². The Kier molecular flexibility index (Phi) is 4.47. The zero-order valence-corrected chi connectivity index (χ0v) is 13.3. The first-order valence-electron chi connectivity index (χ1n) is 6.47. The molecule has 5 nitrogen and oxygen atoms in total. The van der Waals surface area contributed by atoms with E-state index in [9.17, 15) is 9.59 Å². The van der Waals surface area contributed by atoms with Crippen molar-refractivity contribution in [1.82, 2.24) is 4.57 Å². The number of carbonyl (C=O) groups excluding carboxylic acids is 2. The monoisotopic (exact) mass is 349 g/mol. The fraction of sp³-hybridized carbons (Fsp3) is 0.200. The zero-order chi connectivity index (χ0) is 15.6. The number of anilines is 1. The normalized spacial score (nSPS) is 10.7. The van der Waals surface area contributed by atoms with Gasteiger partial charge in [0.1, 0.15) is 5.69 Å². The third-order valence-electron chi connectivity index (χ3n) is 3.04. The van der Waals surface area contributed by atoms with Crippen LogP contribution in [0.15, 0.2) is 41.0 Å². The number of benzene rings is 1. The Bertz CT molecular complexity index is 692. The molecule has 6 heteroatoms. The molecule has 0 aliphatic heterocycles. The van der Waals surface area contributed by atoms with Crippen LogP contribution in [0.3, 0.4) is 0 Å². The Hall–Kier alpha value is -2.08. The molecule has 2 aromatic rings. The van der Waals surface area contributed by atoms with Gasteiger partial charge in [0.25, 0.3) is 11.8 Å². The van der Waals surface area contributed by atoms with Gasteiger partial charge < -0.3 is 15.6 Å². The number of halogens is 1. The molecule has 0 radical (unpaired) electrons. The molecule has 0 saturated heterocycles. The molecule has 0 spiro atoms. The average Bonchev–Trinajstić information content (AvgIpc) is 2.81. The Morgan fingerprint density at radius 1 is 1.29 bits per heavy atom. The number of nitrogens with two attached hydrogens (primary N) is 1. The van der Waals surface area contributed by atoms with Crippen LogP contribution in [0.25, 0.3) is 0 Å². The van der Waals surface area contributed by atoms with Crippen molar-refractivity contribution in [2.45, 2.75) is 19.9 Å². The van der Waals surface area contributed by atoms with Gasteiger partial charge in [-0.3, -0.25) is 9.59 Å². The lowest BCUT2D eigenvalue weighted by Gasteiger charge is -2.13. The van der Waals surface area contributed by atoms with E-state index in [4.69, 9.17) is 5.73 Å². The van der Waals surface area contributed by atoms with Gasteiger partial charge in [-0.25, -0.2) is 0 Å². The summed E-state index contributed by atoms with van der Waals surface area (Å²) in [5, 5.41) is 2.74. The number of rotatable bonds is 4. The van der Waals surface area contributed by atoms with Crippen molar-refractivity contribution >= 4 is 33.4 Å². The van der Waals surface area contributed by atoms with Crippen LogP contribution < -0.4 is 11.1 Å². The number of hydrogen-bond acceptors (Lipinski definition) is 2. The van der Waals surface area contributed by atoms with Gasteiger partial charge in [-0.05, 0) is 48.0 Å². The quantitative estimate of drug-likeness (QED) is 0.888. The maximum Gasteiger partial charge on any atom is 0.272 e. The average molecular weight is 350 g/mol. The van der Waals surface area contributed by atoms with Crippen molar-refractivity contribution in [3.63, 3.8) is 0 Å². The predicted molar refractivity (Wildman–Crippen MR) is 85.4 cm³/mol. The molecule has 2 amide bonds. The summed E-state index contributed by atoms with van der Waals surface area (Å²) >= 11 is 3.37. The highest BCUT2D eigenvalue weighted by Gasteiger charge is 2.17. The number of amides is 2. The summed E-state index contributed by atoms with van der Waals surface area (Å²) in [6, 6.07) is 8.54. The van der Waals surface area contributed by atoms with Crippen molar-refractivity contribution < 1.29 is 9.59 Å². The van der Waals surface area contributed by atoms with Crippen LogP contribution in [-0.2, 0) is 0 Å². The van der Waals surface area contributed by atoms with E-state index in [-0.39, 0.29) is 17.5 Å². The fourth-order valence-corrected chi connectivity index (χ4v) is 2.49. The molecular formula is C15H16BrN3O2. The third-order valence-corrected chi connectivity index (χ3v) is 3.48. The summed E-state index contributed by atoms with van der Waals surface area (Å²) in [6.45, 7) is 3.97. The minimum absolute atomic E-state index is 0.142. The molecule has 1 aromatic heterocycles. The molecule has 2 rings (SSSR count). The molecule has 0 unspecified atom stereocenters. The first kappa shape index (κ1) is 15.3. The van der Waals surface area contributed by atoms with Crippen LogP contribution in [0, 0.1) is 0 Å². The van der Waals surface area contributed by atoms with Crippen molar-refractivity contribution in [1.29, 1.82) is 0 Å². The SMILES string of the molecule is CC(C)n1cc(Br)cc1C(=O)Nc1ccccc1C(N)=O. The number of carbonyl (C=O) groups is 2. The molecule has 0 fully saturated rings. The summed E-state index contributed by atoms with van der Waals surface area (Å²) in [4.78, 5) is 23.8. The fourth-order valence-electron chi connectivity index (χ4n) is 2.05. The molecule has 110 valence electrons. The third kappa shape index (κ3) is 3.33. The lowest BCUT2D eigenvalue weighted by atomic mass is 10.1. The molecule has 3 N–H and O–H groups in total. The second-order valence-electron chi connectivity index (χ2n) is 4.91. The van der Waals surface area contributed by atoms with Crippen LogP contribution in [-0.4, -0.2) is 16.4 Å². The molecule has 0 saturated carbocycles. The molecule has 1 heterocycles. The first-order valence-corrected chi connectivity index (χ1v) is 7.27. The number of nitrogens with one attached hydrogen (secondary N) is 1. The van der Waals surface area contributed by atoms with Crippen molar-refractivity contribution in [3.8, 4) is 0 Å². The van der Waals surface area contributed by atoms with E-state index >= 15 is 0 Å². The van der Waals surface area contributed by atoms with Crippen LogP contribution in [0.4, 0.5) is 5.69 Å². The highest BCUT2D eigenvalue weighted by molar-refractivity contribution is 9.10. The van der Waals surface area contributed by atoms with E-state index in [2.05, 4.69) is 21.2 Å². The van der Waals surface area contributed by atoms with Gasteiger partial charge in [-0.2, -0.15) is 0 Å². The Labute approximate surface area is 131 Å². The minimum atomic E-state index is -0.577. The van der Waals surface area contributed by atoms with Gasteiger partial charge in [0, 0.05) is 16.7 Å². The maximum absolute atomic E-state index is 12.4. The highest BCUT2D eigenvalue weighted by atomic mass is 79.9. The molecule has 21 heavy (non-hydrogen) atoms. The van der Waals surface area contributed by atoms with Crippen LogP contribution >= 0.6 is 15.9 Å². The number of primary amides is 1. The lowest BCUT2D eigenvalue weighted by molar-refractivity contribution is 0.100. The van der Waals surface area contributed by atoms with Crippen molar-refractivity contribution in [2.75, 3.05) is 5.32 Å². The summed E-state index contributed by atoms with van der Waals surface area (Å²) < 4.78 is 2.68. The van der Waals surface area contributed by atoms with Gasteiger partial charge in [-0.15, -0.1) is 0 Å². The van der Waals surface area contributed by atoms with Gasteiger partial charge >= 0.3 is 0 Å². The summed E-state index contributed by atoms with van der Waals surface area (Å²) in [5.74, 6) is -0.866. The lowest BCUT2D eigenvalue weighted by Crippen LogP contribution is -2.21. The number of nitrogens with zero attached hydrogens (tertiary/aromatic N) is 1. The standard InChI is InChI=1S/C15H16BrN3O2/c1-9(2)19-8-10(16)7-13(19)15(21)18-12-6-4-3-5-11(12)14(17)20/h3-9H,1-2H3,(H2,17,20)(H,18,21). The second kappa shape index (κ2) is 6.13. The zero-order valence-electron chi connectivity index (χ0n) is 11.8. The summed E-state index contributed by atoms with van der Waals surface area (Å²) in [5.41, 5.74) is 6.51. The molecular weight excluding hydrogens is 334 g/mol. The Morgan fingerprint density at radius 3 is 2.57 bits per heavy atom. The topological polar surface area (TPSA) is 77.1 Å². The first-order chi connectivity index (χ1) is 9.90. The maximum atomic E-state index is 12.4. The molecule has 0 aliphatic rings. The van der Waals surface area contributed by atoms with E-state index in [0.29, 0.717) is 11.4 Å². The van der Waals surface area contributed by atoms with Crippen LogP contribution in [0.5, 0.6) is 0 Å². The molecule has 1 aromatic carbocycles.